The predicted molar refractivity (Wildman–Crippen MR) is 110 cm³/mol. The maximum Gasteiger partial charge on any atom is 0.416 e. The first-order chi connectivity index (χ1) is 14.3. The molecule has 0 aliphatic carbocycles. The summed E-state index contributed by atoms with van der Waals surface area (Å²) in [7, 11) is 3.17. The van der Waals surface area contributed by atoms with E-state index in [0.717, 1.165) is 17.2 Å². The lowest BCUT2D eigenvalue weighted by Crippen LogP contribution is -2.25. The Kier molecular flexibility index (Phi) is 6.50. The van der Waals surface area contributed by atoms with Gasteiger partial charge in [0.2, 0.25) is 0 Å². The van der Waals surface area contributed by atoms with Crippen molar-refractivity contribution in [2.45, 2.75) is 26.2 Å². The quantitative estimate of drug-likeness (QED) is 0.500. The fourth-order valence-electron chi connectivity index (χ4n) is 3.26. The Hall–Kier alpha value is -3.22. The van der Waals surface area contributed by atoms with E-state index in [1.807, 2.05) is 53.4 Å². The van der Waals surface area contributed by atoms with Crippen LogP contribution < -0.4 is 14.4 Å². The van der Waals surface area contributed by atoms with E-state index >= 15 is 0 Å². The van der Waals surface area contributed by atoms with Gasteiger partial charge in [0.1, 0.15) is 17.3 Å². The summed E-state index contributed by atoms with van der Waals surface area (Å²) in [6, 6.07) is 15.9. The van der Waals surface area contributed by atoms with Crippen molar-refractivity contribution in [2.24, 2.45) is 0 Å². The summed E-state index contributed by atoms with van der Waals surface area (Å²) in [4.78, 5) is 6.13. The predicted octanol–water partition coefficient (Wildman–Crippen LogP) is 5.63. The molecule has 0 radical (unpaired) electrons. The molecule has 158 valence electrons. The topological polar surface area (TPSA) is 34.6 Å². The zero-order valence-corrected chi connectivity index (χ0v) is 17.0. The normalized spacial score (nSPS) is 11.3. The molecule has 0 spiro atoms. The van der Waals surface area contributed by atoms with Crippen LogP contribution in [0.4, 0.5) is 19.0 Å². The van der Waals surface area contributed by atoms with Gasteiger partial charge in [-0.1, -0.05) is 24.3 Å². The molecule has 0 atom stereocenters. The molecule has 0 N–H and O–H groups in total. The number of hydrogen-bond acceptors (Lipinski definition) is 4. The number of halogens is 3. The number of methoxy groups -OCH3 is 2. The van der Waals surface area contributed by atoms with E-state index in [1.54, 1.807) is 14.2 Å². The van der Waals surface area contributed by atoms with Crippen molar-refractivity contribution in [2.75, 3.05) is 19.1 Å². The highest BCUT2D eigenvalue weighted by atomic mass is 19.4. The molecule has 7 heteroatoms. The first-order valence-corrected chi connectivity index (χ1v) is 9.35. The molecule has 0 saturated carbocycles. The van der Waals surface area contributed by atoms with Crippen molar-refractivity contribution in [3.8, 4) is 11.5 Å². The molecular weight excluding hydrogens is 393 g/mol. The van der Waals surface area contributed by atoms with Crippen LogP contribution in [-0.4, -0.2) is 19.2 Å². The van der Waals surface area contributed by atoms with Gasteiger partial charge in [0.15, 0.2) is 0 Å². The van der Waals surface area contributed by atoms with Crippen molar-refractivity contribution in [1.82, 2.24) is 4.98 Å². The first kappa shape index (κ1) is 21.5. The molecule has 1 aromatic heterocycles. The largest absolute Gasteiger partial charge is 0.497 e. The van der Waals surface area contributed by atoms with Crippen LogP contribution >= 0.6 is 0 Å². The highest BCUT2D eigenvalue weighted by Crippen LogP contribution is 2.35. The number of rotatable bonds is 7. The molecule has 0 amide bonds. The molecule has 4 nitrogen and oxygen atoms in total. The minimum absolute atomic E-state index is 0.104. The summed E-state index contributed by atoms with van der Waals surface area (Å²) in [5.74, 6) is 1.74. The summed E-state index contributed by atoms with van der Waals surface area (Å²) < 4.78 is 50.7. The molecule has 0 fully saturated rings. The van der Waals surface area contributed by atoms with E-state index in [0.29, 0.717) is 30.4 Å². The Bertz CT molecular complexity index is 922. The number of pyridine rings is 1. The summed E-state index contributed by atoms with van der Waals surface area (Å²) in [5.41, 5.74) is 1.29. The van der Waals surface area contributed by atoms with Crippen LogP contribution in [0.1, 0.15) is 22.3 Å². The second-order valence-corrected chi connectivity index (χ2v) is 6.86. The SMILES string of the molecule is COc1ccc(CN(Cc2ccc(OC)cc2)c2nccc(C(F)(F)F)c2C)cc1. The van der Waals surface area contributed by atoms with Crippen LogP contribution in [0.5, 0.6) is 11.5 Å². The number of aromatic nitrogens is 1. The fraction of sp³-hybridized carbons (Fsp3) is 0.261. The summed E-state index contributed by atoms with van der Waals surface area (Å²) in [6.45, 7) is 2.25. The van der Waals surface area contributed by atoms with Crippen LogP contribution in [0.2, 0.25) is 0 Å². The standard InChI is InChI=1S/C23H23F3N2O2/c1-16-21(23(24,25)26)12-13-27-22(16)28(14-17-4-8-19(29-2)9-5-17)15-18-6-10-20(30-3)11-7-18/h4-13H,14-15H2,1-3H3. The minimum Gasteiger partial charge on any atom is -0.497 e. The first-order valence-electron chi connectivity index (χ1n) is 9.35. The highest BCUT2D eigenvalue weighted by Gasteiger charge is 2.34. The fourth-order valence-corrected chi connectivity index (χ4v) is 3.26. The van der Waals surface area contributed by atoms with Crippen molar-refractivity contribution in [3.05, 3.63) is 83.0 Å². The Balaban J connectivity index is 1.97. The van der Waals surface area contributed by atoms with Gasteiger partial charge < -0.3 is 14.4 Å². The maximum atomic E-state index is 13.4. The molecular formula is C23H23F3N2O2. The Labute approximate surface area is 173 Å². The van der Waals surface area contributed by atoms with Gasteiger partial charge in [0.05, 0.1) is 19.8 Å². The van der Waals surface area contributed by atoms with Crippen LogP contribution in [0.25, 0.3) is 0 Å². The van der Waals surface area contributed by atoms with E-state index in [-0.39, 0.29) is 5.56 Å². The molecule has 2 aromatic carbocycles. The Morgan fingerprint density at radius 1 is 0.800 bits per heavy atom. The van der Waals surface area contributed by atoms with E-state index in [1.165, 1.54) is 13.1 Å². The van der Waals surface area contributed by atoms with Gasteiger partial charge in [0.25, 0.3) is 0 Å². The lowest BCUT2D eigenvalue weighted by molar-refractivity contribution is -0.138. The zero-order valence-electron chi connectivity index (χ0n) is 17.0. The Morgan fingerprint density at radius 3 is 1.67 bits per heavy atom. The van der Waals surface area contributed by atoms with Gasteiger partial charge >= 0.3 is 6.18 Å². The van der Waals surface area contributed by atoms with Crippen molar-refractivity contribution >= 4 is 5.82 Å². The Morgan fingerprint density at radius 2 is 1.27 bits per heavy atom. The number of benzene rings is 2. The smallest absolute Gasteiger partial charge is 0.416 e. The van der Waals surface area contributed by atoms with Gasteiger partial charge in [-0.2, -0.15) is 13.2 Å². The molecule has 0 saturated heterocycles. The van der Waals surface area contributed by atoms with Crippen LogP contribution in [0, 0.1) is 6.92 Å². The second kappa shape index (κ2) is 9.07. The lowest BCUT2D eigenvalue weighted by atomic mass is 10.1. The zero-order chi connectivity index (χ0) is 21.7. The average molecular weight is 416 g/mol. The summed E-state index contributed by atoms with van der Waals surface area (Å²) in [6.07, 6.45) is -3.23. The van der Waals surface area contributed by atoms with Crippen LogP contribution in [0.15, 0.2) is 60.8 Å². The van der Waals surface area contributed by atoms with Gasteiger partial charge in [-0.15, -0.1) is 0 Å². The van der Waals surface area contributed by atoms with E-state index < -0.39 is 11.7 Å². The second-order valence-electron chi connectivity index (χ2n) is 6.86. The lowest BCUT2D eigenvalue weighted by Gasteiger charge is -2.27. The van der Waals surface area contributed by atoms with E-state index in [4.69, 9.17) is 9.47 Å². The van der Waals surface area contributed by atoms with Gasteiger partial charge in [-0.25, -0.2) is 4.98 Å². The van der Waals surface area contributed by atoms with Crippen molar-refractivity contribution in [1.29, 1.82) is 0 Å². The summed E-state index contributed by atoms with van der Waals surface area (Å²) >= 11 is 0. The van der Waals surface area contributed by atoms with Crippen LogP contribution in [-0.2, 0) is 19.3 Å². The molecule has 30 heavy (non-hydrogen) atoms. The number of nitrogens with zero attached hydrogens (tertiary/aromatic N) is 2. The molecule has 0 aliphatic heterocycles. The van der Waals surface area contributed by atoms with Crippen LogP contribution in [0.3, 0.4) is 0 Å². The number of ether oxygens (including phenoxy) is 2. The molecule has 3 aromatic rings. The van der Waals surface area contributed by atoms with Gasteiger partial charge in [0, 0.05) is 24.8 Å². The minimum atomic E-state index is -4.44. The monoisotopic (exact) mass is 416 g/mol. The average Bonchev–Trinajstić information content (AvgIpc) is 2.73. The third-order valence-electron chi connectivity index (χ3n) is 4.85. The maximum absolute atomic E-state index is 13.4. The van der Waals surface area contributed by atoms with Crippen molar-refractivity contribution < 1.29 is 22.6 Å². The van der Waals surface area contributed by atoms with Gasteiger partial charge in [-0.05, 0) is 48.4 Å². The molecule has 0 unspecified atom stereocenters. The molecule has 0 aliphatic rings. The van der Waals surface area contributed by atoms with Gasteiger partial charge in [-0.3, -0.25) is 0 Å². The molecule has 3 rings (SSSR count). The number of alkyl halides is 3. The molecule has 0 bridgehead atoms. The third kappa shape index (κ3) is 5.03. The highest BCUT2D eigenvalue weighted by molar-refractivity contribution is 5.52. The number of hydrogen-bond donors (Lipinski definition) is 0. The van der Waals surface area contributed by atoms with E-state index in [9.17, 15) is 13.2 Å². The molecule has 1 heterocycles. The summed E-state index contributed by atoms with van der Waals surface area (Å²) in [5, 5.41) is 0. The van der Waals surface area contributed by atoms with Crippen molar-refractivity contribution in [3.63, 3.8) is 0 Å². The number of anilines is 1. The van der Waals surface area contributed by atoms with E-state index in [2.05, 4.69) is 4.98 Å². The third-order valence-corrected chi connectivity index (χ3v) is 4.85.